The van der Waals surface area contributed by atoms with Gasteiger partial charge in [-0.05, 0) is 31.7 Å². The van der Waals surface area contributed by atoms with Crippen molar-refractivity contribution in [3.8, 4) is 11.5 Å². The number of nitrogens with one attached hydrogen (secondary N) is 3. The fourth-order valence-corrected chi connectivity index (χ4v) is 3.75. The molecule has 0 bridgehead atoms. The van der Waals surface area contributed by atoms with E-state index in [9.17, 15) is 4.21 Å². The molecule has 1 aromatic heterocycles. The SMILES string of the molecule is CNS(=O)(=S)c1ccc(C)c(Nc2cc(Nc3cc(OC)cc(OC)c3)ncn2)c1. The Morgan fingerprint density at radius 3 is 2.17 bits per heavy atom. The predicted octanol–water partition coefficient (Wildman–Crippen LogP) is 3.53. The fourth-order valence-electron chi connectivity index (χ4n) is 2.68. The van der Waals surface area contributed by atoms with E-state index in [1.54, 1.807) is 45.5 Å². The van der Waals surface area contributed by atoms with Crippen LogP contribution in [0.2, 0.25) is 0 Å². The minimum atomic E-state index is -2.72. The van der Waals surface area contributed by atoms with Gasteiger partial charge in [-0.25, -0.2) is 18.9 Å². The van der Waals surface area contributed by atoms with Gasteiger partial charge >= 0.3 is 0 Å². The standard InChI is InChI=1S/C20H23N5O3S2/c1-13-5-6-17(30(26,29)21-2)10-18(13)25-20-11-19(22-12-23-20)24-14-7-15(27-3)9-16(8-14)28-4/h5-12,21H,1-4H3,(H2,22,23,24,25). The summed E-state index contributed by atoms with van der Waals surface area (Å²) in [4.78, 5) is 9.07. The zero-order chi connectivity index (χ0) is 21.7. The monoisotopic (exact) mass is 445 g/mol. The van der Waals surface area contributed by atoms with Gasteiger partial charge in [0.15, 0.2) is 0 Å². The molecule has 0 aliphatic rings. The highest BCUT2D eigenvalue weighted by Crippen LogP contribution is 2.29. The van der Waals surface area contributed by atoms with E-state index in [-0.39, 0.29) is 0 Å². The smallest absolute Gasteiger partial charge is 0.135 e. The Balaban J connectivity index is 1.86. The summed E-state index contributed by atoms with van der Waals surface area (Å²) >= 11 is 5.15. The Bertz CT molecular complexity index is 1130. The van der Waals surface area contributed by atoms with Crippen LogP contribution in [-0.4, -0.2) is 35.4 Å². The van der Waals surface area contributed by atoms with Gasteiger partial charge in [0.1, 0.15) is 38.1 Å². The van der Waals surface area contributed by atoms with Gasteiger partial charge in [0.2, 0.25) is 0 Å². The topological polar surface area (TPSA) is 97.4 Å². The molecule has 1 unspecified atom stereocenters. The van der Waals surface area contributed by atoms with Crippen LogP contribution in [0, 0.1) is 6.92 Å². The first-order valence-corrected chi connectivity index (χ1v) is 11.5. The summed E-state index contributed by atoms with van der Waals surface area (Å²) in [5, 5.41) is 6.46. The number of rotatable bonds is 8. The molecule has 158 valence electrons. The van der Waals surface area contributed by atoms with Gasteiger partial charge in [-0.1, -0.05) is 6.07 Å². The molecule has 30 heavy (non-hydrogen) atoms. The van der Waals surface area contributed by atoms with E-state index in [1.165, 1.54) is 6.33 Å². The van der Waals surface area contributed by atoms with Gasteiger partial charge in [-0.2, -0.15) is 0 Å². The van der Waals surface area contributed by atoms with Crippen molar-refractivity contribution in [1.82, 2.24) is 14.7 Å². The summed E-state index contributed by atoms with van der Waals surface area (Å²) < 4.78 is 25.7. The number of aryl methyl sites for hydroxylation is 1. The summed E-state index contributed by atoms with van der Waals surface area (Å²) in [6.45, 7) is 1.94. The third-order valence-corrected chi connectivity index (χ3v) is 6.83. The molecule has 0 amide bonds. The molecule has 3 rings (SSSR count). The van der Waals surface area contributed by atoms with E-state index in [0.717, 1.165) is 16.9 Å². The third-order valence-electron chi connectivity index (χ3n) is 4.34. The summed E-state index contributed by atoms with van der Waals surface area (Å²) in [5.41, 5.74) is 2.48. The molecule has 3 N–H and O–H groups in total. The minimum Gasteiger partial charge on any atom is -0.497 e. The molecule has 8 nitrogen and oxygen atoms in total. The van der Waals surface area contributed by atoms with Crippen molar-refractivity contribution in [3.63, 3.8) is 0 Å². The Hall–Kier alpha value is -2.95. The molecule has 0 saturated heterocycles. The van der Waals surface area contributed by atoms with E-state index in [4.69, 9.17) is 20.7 Å². The largest absolute Gasteiger partial charge is 0.497 e. The number of hydrogen-bond donors (Lipinski definition) is 3. The Morgan fingerprint density at radius 2 is 1.57 bits per heavy atom. The zero-order valence-electron chi connectivity index (χ0n) is 17.1. The molecule has 0 aliphatic heterocycles. The van der Waals surface area contributed by atoms with E-state index >= 15 is 0 Å². The van der Waals surface area contributed by atoms with Gasteiger partial charge in [0, 0.05) is 46.8 Å². The highest BCUT2D eigenvalue weighted by molar-refractivity contribution is 8.31. The van der Waals surface area contributed by atoms with E-state index in [1.807, 2.05) is 25.1 Å². The van der Waals surface area contributed by atoms with Crippen LogP contribution in [0.4, 0.5) is 23.0 Å². The summed E-state index contributed by atoms with van der Waals surface area (Å²) in [6, 6.07) is 12.6. The number of aromatic nitrogens is 2. The molecule has 1 atom stereocenters. The molecular formula is C20H23N5O3S2. The molecule has 0 saturated carbocycles. The second-order valence-corrected chi connectivity index (χ2v) is 9.62. The maximum Gasteiger partial charge on any atom is 0.135 e. The number of hydrogen-bond acceptors (Lipinski definition) is 8. The minimum absolute atomic E-state index is 0.531. The lowest BCUT2D eigenvalue weighted by atomic mass is 10.2. The average molecular weight is 446 g/mol. The second kappa shape index (κ2) is 9.24. The van der Waals surface area contributed by atoms with Crippen LogP contribution in [0.15, 0.2) is 53.7 Å². The van der Waals surface area contributed by atoms with Crippen molar-refractivity contribution < 1.29 is 13.7 Å². The van der Waals surface area contributed by atoms with Crippen molar-refractivity contribution in [1.29, 1.82) is 0 Å². The summed E-state index contributed by atoms with van der Waals surface area (Å²) in [7, 11) is 2.05. The molecule has 1 heterocycles. The zero-order valence-corrected chi connectivity index (χ0v) is 18.7. The van der Waals surface area contributed by atoms with Crippen LogP contribution < -0.4 is 24.8 Å². The highest BCUT2D eigenvalue weighted by Gasteiger charge is 2.11. The van der Waals surface area contributed by atoms with Crippen LogP contribution in [0.5, 0.6) is 11.5 Å². The van der Waals surface area contributed by atoms with Crippen LogP contribution in [-0.2, 0) is 19.9 Å². The van der Waals surface area contributed by atoms with E-state index < -0.39 is 8.68 Å². The number of nitrogens with zero attached hydrogens (tertiary/aromatic N) is 2. The van der Waals surface area contributed by atoms with Gasteiger partial charge in [-0.15, -0.1) is 0 Å². The summed E-state index contributed by atoms with van der Waals surface area (Å²) in [6.07, 6.45) is 1.45. The fraction of sp³-hybridized carbons (Fsp3) is 0.200. The van der Waals surface area contributed by atoms with Crippen molar-refractivity contribution in [3.05, 3.63) is 54.4 Å². The van der Waals surface area contributed by atoms with Crippen LogP contribution in [0.1, 0.15) is 5.56 Å². The van der Waals surface area contributed by atoms with Crippen molar-refractivity contribution in [2.45, 2.75) is 11.8 Å². The van der Waals surface area contributed by atoms with Gasteiger partial charge in [0.05, 0.1) is 19.1 Å². The lowest BCUT2D eigenvalue weighted by molar-refractivity contribution is 0.395. The Morgan fingerprint density at radius 1 is 0.933 bits per heavy atom. The first-order valence-electron chi connectivity index (χ1n) is 8.98. The Kier molecular flexibility index (Phi) is 6.70. The second-order valence-electron chi connectivity index (χ2n) is 6.32. The lowest BCUT2D eigenvalue weighted by Crippen LogP contribution is -2.17. The maximum absolute atomic E-state index is 12.5. The molecule has 0 aliphatic carbocycles. The molecule has 0 radical (unpaired) electrons. The predicted molar refractivity (Wildman–Crippen MR) is 122 cm³/mol. The molecule has 0 spiro atoms. The average Bonchev–Trinajstić information content (AvgIpc) is 2.75. The molecular weight excluding hydrogens is 422 g/mol. The number of methoxy groups -OCH3 is 2. The van der Waals surface area contributed by atoms with Crippen LogP contribution in [0.3, 0.4) is 0 Å². The Labute approximate surface area is 180 Å². The maximum atomic E-state index is 12.5. The number of benzene rings is 2. The van der Waals surface area contributed by atoms with E-state index in [0.29, 0.717) is 28.0 Å². The quantitative estimate of drug-likeness (QED) is 0.485. The van der Waals surface area contributed by atoms with Crippen LogP contribution >= 0.6 is 0 Å². The molecule has 3 aromatic rings. The molecule has 10 heteroatoms. The van der Waals surface area contributed by atoms with Gasteiger partial charge < -0.3 is 20.1 Å². The molecule has 0 fully saturated rings. The van der Waals surface area contributed by atoms with Gasteiger partial charge in [-0.3, -0.25) is 0 Å². The lowest BCUT2D eigenvalue weighted by Gasteiger charge is -2.14. The summed E-state index contributed by atoms with van der Waals surface area (Å²) in [5.74, 6) is 2.48. The first kappa shape index (κ1) is 21.8. The van der Waals surface area contributed by atoms with Crippen LogP contribution in [0.25, 0.3) is 0 Å². The van der Waals surface area contributed by atoms with Crippen molar-refractivity contribution in [2.75, 3.05) is 31.9 Å². The highest BCUT2D eigenvalue weighted by atomic mass is 32.8. The van der Waals surface area contributed by atoms with Crippen molar-refractivity contribution in [2.24, 2.45) is 0 Å². The molecule has 2 aromatic carbocycles. The number of ether oxygens (including phenoxy) is 2. The number of anilines is 4. The third kappa shape index (κ3) is 5.15. The normalized spacial score (nSPS) is 12.7. The van der Waals surface area contributed by atoms with E-state index in [2.05, 4.69) is 25.3 Å². The van der Waals surface area contributed by atoms with Gasteiger partial charge in [0.25, 0.3) is 0 Å². The first-order chi connectivity index (χ1) is 14.3. The van der Waals surface area contributed by atoms with Crippen molar-refractivity contribution >= 4 is 42.9 Å².